The normalized spacial score (nSPS) is 34.9. The molecule has 0 spiro atoms. The number of carboxylic acid groups (broad SMARTS) is 1. The highest BCUT2D eigenvalue weighted by atomic mass is 35.5. The van der Waals surface area contributed by atoms with Gasteiger partial charge in [0.2, 0.25) is 0 Å². The third-order valence-corrected chi connectivity index (χ3v) is 5.52. The predicted octanol–water partition coefficient (Wildman–Crippen LogP) is 3.20. The molecule has 0 radical (unpaired) electrons. The van der Waals surface area contributed by atoms with Gasteiger partial charge in [-0.3, -0.25) is 9.59 Å². The summed E-state index contributed by atoms with van der Waals surface area (Å²) in [6.07, 6.45) is 1.95. The van der Waals surface area contributed by atoms with Gasteiger partial charge in [-0.25, -0.2) is 0 Å². The van der Waals surface area contributed by atoms with Crippen LogP contribution in [0.15, 0.2) is 24.3 Å². The molecular weight excluding hydrogens is 276 g/mol. The van der Waals surface area contributed by atoms with Crippen molar-refractivity contribution < 1.29 is 14.7 Å². The Labute approximate surface area is 122 Å². The van der Waals surface area contributed by atoms with Crippen LogP contribution < -0.4 is 0 Å². The Bertz CT molecular complexity index is 583. The van der Waals surface area contributed by atoms with Crippen molar-refractivity contribution in [3.8, 4) is 0 Å². The van der Waals surface area contributed by atoms with Gasteiger partial charge in [0.05, 0.1) is 5.92 Å². The zero-order valence-electron chi connectivity index (χ0n) is 11.3. The second kappa shape index (κ2) is 4.59. The number of Topliss-reactive ketones (excluding diaryl/α,β-unsaturated/α-hetero) is 1. The van der Waals surface area contributed by atoms with Crippen molar-refractivity contribution >= 4 is 23.4 Å². The molecule has 20 heavy (non-hydrogen) atoms. The average Bonchev–Trinajstić information content (AvgIpc) is 3.00. The van der Waals surface area contributed by atoms with Crippen LogP contribution in [0.5, 0.6) is 0 Å². The van der Waals surface area contributed by atoms with Crippen molar-refractivity contribution in [2.75, 3.05) is 0 Å². The first-order valence-electron chi connectivity index (χ1n) is 7.03. The van der Waals surface area contributed by atoms with Crippen molar-refractivity contribution in [3.05, 3.63) is 34.9 Å². The van der Waals surface area contributed by atoms with E-state index in [-0.39, 0.29) is 17.6 Å². The molecule has 2 aliphatic carbocycles. The number of halogens is 1. The Morgan fingerprint density at radius 2 is 2.15 bits per heavy atom. The maximum absolute atomic E-state index is 12.6. The Hall–Kier alpha value is -1.35. The van der Waals surface area contributed by atoms with E-state index in [2.05, 4.69) is 0 Å². The van der Waals surface area contributed by atoms with Gasteiger partial charge in [0.15, 0.2) is 0 Å². The van der Waals surface area contributed by atoms with Gasteiger partial charge in [-0.2, -0.15) is 0 Å². The van der Waals surface area contributed by atoms with Gasteiger partial charge < -0.3 is 5.11 Å². The van der Waals surface area contributed by atoms with Gasteiger partial charge in [-0.15, -0.1) is 0 Å². The molecule has 2 aliphatic rings. The molecule has 3 nitrogen and oxygen atoms in total. The topological polar surface area (TPSA) is 54.4 Å². The molecule has 0 bridgehead atoms. The van der Waals surface area contributed by atoms with Crippen LogP contribution in [0.2, 0.25) is 5.02 Å². The van der Waals surface area contributed by atoms with Crippen LogP contribution in [0.25, 0.3) is 0 Å². The molecule has 2 saturated carbocycles. The van der Waals surface area contributed by atoms with Crippen LogP contribution in [0.3, 0.4) is 0 Å². The van der Waals surface area contributed by atoms with E-state index in [0.717, 1.165) is 5.56 Å². The third-order valence-electron chi connectivity index (χ3n) is 5.15. The molecule has 3 rings (SSSR count). The lowest BCUT2D eigenvalue weighted by Gasteiger charge is -2.17. The number of hydrogen-bond acceptors (Lipinski definition) is 2. The number of hydrogen-bond donors (Lipinski definition) is 1. The lowest BCUT2D eigenvalue weighted by molar-refractivity contribution is -0.142. The number of carboxylic acids is 1. The number of aliphatic carboxylic acids is 1. The molecule has 4 unspecified atom stereocenters. The Morgan fingerprint density at radius 1 is 1.45 bits per heavy atom. The molecular formula is C16H17ClO3. The number of benzene rings is 1. The maximum Gasteiger partial charge on any atom is 0.307 e. The molecule has 4 atom stereocenters. The quantitative estimate of drug-likeness (QED) is 0.927. The van der Waals surface area contributed by atoms with E-state index in [9.17, 15) is 14.7 Å². The minimum absolute atomic E-state index is 0.0324. The zero-order valence-corrected chi connectivity index (χ0v) is 12.1. The van der Waals surface area contributed by atoms with Crippen molar-refractivity contribution in [1.29, 1.82) is 0 Å². The van der Waals surface area contributed by atoms with E-state index in [0.29, 0.717) is 24.3 Å². The first kappa shape index (κ1) is 13.6. The molecule has 0 aromatic heterocycles. The van der Waals surface area contributed by atoms with E-state index in [1.54, 1.807) is 0 Å². The highest BCUT2D eigenvalue weighted by Gasteiger charge is 2.75. The average molecular weight is 293 g/mol. The molecule has 2 fully saturated rings. The first-order chi connectivity index (χ1) is 9.52. The minimum atomic E-state index is -0.818. The molecule has 0 saturated heterocycles. The van der Waals surface area contributed by atoms with Crippen LogP contribution in [-0.4, -0.2) is 16.9 Å². The Kier molecular flexibility index (Phi) is 3.13. The van der Waals surface area contributed by atoms with E-state index in [1.807, 2.05) is 31.2 Å². The molecule has 1 aromatic carbocycles. The largest absolute Gasteiger partial charge is 0.481 e. The van der Waals surface area contributed by atoms with E-state index in [1.165, 1.54) is 0 Å². The molecule has 106 valence electrons. The Morgan fingerprint density at radius 3 is 2.70 bits per heavy atom. The molecule has 4 heteroatoms. The van der Waals surface area contributed by atoms with E-state index < -0.39 is 17.3 Å². The highest BCUT2D eigenvalue weighted by Crippen LogP contribution is 2.70. The van der Waals surface area contributed by atoms with Crippen LogP contribution in [0.1, 0.15) is 25.3 Å². The number of rotatable bonds is 4. The summed E-state index contributed by atoms with van der Waals surface area (Å²) in [6.45, 7) is 1.92. The smallest absolute Gasteiger partial charge is 0.307 e. The minimum Gasteiger partial charge on any atom is -0.481 e. The summed E-state index contributed by atoms with van der Waals surface area (Å²) in [5.74, 6) is -1.18. The number of carbonyl (C=O) groups excluding carboxylic acids is 1. The van der Waals surface area contributed by atoms with Gasteiger partial charge in [0, 0.05) is 16.4 Å². The third kappa shape index (κ3) is 1.72. The van der Waals surface area contributed by atoms with Crippen LogP contribution in [-0.2, 0) is 16.0 Å². The van der Waals surface area contributed by atoms with Gasteiger partial charge in [0.1, 0.15) is 5.78 Å². The summed E-state index contributed by atoms with van der Waals surface area (Å²) < 4.78 is 0. The van der Waals surface area contributed by atoms with Crippen LogP contribution in [0, 0.1) is 23.2 Å². The van der Waals surface area contributed by atoms with Crippen molar-refractivity contribution in [2.24, 2.45) is 23.2 Å². The molecule has 0 aliphatic heterocycles. The second-order valence-electron chi connectivity index (χ2n) is 5.91. The molecule has 0 heterocycles. The summed E-state index contributed by atoms with van der Waals surface area (Å²) in [4.78, 5) is 23.9. The second-order valence-corrected chi connectivity index (χ2v) is 6.32. The fourth-order valence-electron chi connectivity index (χ4n) is 4.15. The zero-order chi connectivity index (χ0) is 14.5. The fourth-order valence-corrected chi connectivity index (χ4v) is 4.36. The fraction of sp³-hybridized carbons (Fsp3) is 0.500. The number of fused-ring (bicyclic) bond motifs is 1. The van der Waals surface area contributed by atoms with E-state index in [4.69, 9.17) is 11.6 Å². The van der Waals surface area contributed by atoms with Crippen molar-refractivity contribution in [1.82, 2.24) is 0 Å². The number of carbonyl (C=O) groups is 2. The first-order valence-corrected chi connectivity index (χ1v) is 7.40. The van der Waals surface area contributed by atoms with Crippen LogP contribution >= 0.6 is 11.6 Å². The van der Waals surface area contributed by atoms with Gasteiger partial charge in [-0.05, 0) is 36.8 Å². The van der Waals surface area contributed by atoms with Crippen molar-refractivity contribution in [3.63, 3.8) is 0 Å². The summed E-state index contributed by atoms with van der Waals surface area (Å²) >= 11 is 6.14. The maximum atomic E-state index is 12.6. The lowest BCUT2D eigenvalue weighted by Crippen LogP contribution is -2.26. The molecule has 0 amide bonds. The SMILES string of the molecule is CCC12C(=O)C(Cc3ccccc3Cl)CC1C2C(=O)O. The summed E-state index contributed by atoms with van der Waals surface area (Å²) in [6, 6.07) is 7.55. The predicted molar refractivity (Wildman–Crippen MR) is 75.6 cm³/mol. The molecule has 1 aromatic rings. The Balaban J connectivity index is 1.79. The van der Waals surface area contributed by atoms with Gasteiger partial charge in [-0.1, -0.05) is 36.7 Å². The van der Waals surface area contributed by atoms with E-state index >= 15 is 0 Å². The highest BCUT2D eigenvalue weighted by molar-refractivity contribution is 6.31. The number of ketones is 1. The van der Waals surface area contributed by atoms with Crippen LogP contribution in [0.4, 0.5) is 0 Å². The summed E-state index contributed by atoms with van der Waals surface area (Å²) in [5, 5.41) is 9.90. The monoisotopic (exact) mass is 292 g/mol. The van der Waals surface area contributed by atoms with Gasteiger partial charge >= 0.3 is 5.97 Å². The standard InChI is InChI=1S/C16H17ClO3/c1-2-16-11(13(16)15(19)20)8-10(14(16)18)7-9-5-3-4-6-12(9)17/h3-6,10-11,13H,2,7-8H2,1H3,(H,19,20). The molecule has 1 N–H and O–H groups in total. The van der Waals surface area contributed by atoms with Crippen molar-refractivity contribution in [2.45, 2.75) is 26.2 Å². The summed E-state index contributed by atoms with van der Waals surface area (Å²) in [7, 11) is 0. The lowest BCUT2D eigenvalue weighted by atomic mass is 9.86. The summed E-state index contributed by atoms with van der Waals surface area (Å²) in [5.41, 5.74) is 0.393. The van der Waals surface area contributed by atoms with Gasteiger partial charge in [0.25, 0.3) is 0 Å².